The van der Waals surface area contributed by atoms with E-state index in [9.17, 15) is 15.0 Å². The summed E-state index contributed by atoms with van der Waals surface area (Å²) in [6, 6.07) is 4.51. The van der Waals surface area contributed by atoms with Crippen molar-refractivity contribution in [2.75, 3.05) is 26.1 Å². The monoisotopic (exact) mass is 444 g/mol. The second-order valence-electron chi connectivity index (χ2n) is 7.25. The molecule has 0 radical (unpaired) electrons. The van der Waals surface area contributed by atoms with Crippen molar-refractivity contribution in [2.24, 2.45) is 5.73 Å². The number of carboxylic acid groups (broad SMARTS) is 1. The first-order valence-corrected chi connectivity index (χ1v) is 9.88. The fourth-order valence-electron chi connectivity index (χ4n) is 3.70. The minimum absolute atomic E-state index is 0.378. The molecule has 12 heteroatoms. The Kier molecular flexibility index (Phi) is 6.08. The molecule has 1 aromatic carbocycles. The molecule has 5 N–H and O–H groups in total. The fourth-order valence-corrected chi connectivity index (χ4v) is 3.70. The Hall–Kier alpha value is -3.48. The zero-order chi connectivity index (χ0) is 22.8. The van der Waals surface area contributed by atoms with Crippen LogP contribution < -0.4 is 20.5 Å². The molecule has 1 aliphatic heterocycles. The van der Waals surface area contributed by atoms with Crippen LogP contribution in [0.1, 0.15) is 11.8 Å². The van der Waals surface area contributed by atoms with Gasteiger partial charge in [0, 0.05) is 6.54 Å². The zero-order valence-corrected chi connectivity index (χ0v) is 17.5. The Morgan fingerprint density at radius 1 is 1.28 bits per heavy atom. The fraction of sp³-hybridized carbons (Fsp3) is 0.400. The number of nitrogens with one attached hydrogen (secondary N) is 1. The lowest BCUT2D eigenvalue weighted by Gasteiger charge is -2.16. The van der Waals surface area contributed by atoms with Crippen LogP contribution in [0.5, 0.6) is 11.5 Å². The molecule has 0 amide bonds. The van der Waals surface area contributed by atoms with Crippen LogP contribution in [0.4, 0.5) is 5.82 Å². The summed E-state index contributed by atoms with van der Waals surface area (Å²) in [4.78, 5) is 24.1. The number of hydrogen-bond acceptors (Lipinski definition) is 10. The lowest BCUT2D eigenvalue weighted by atomic mass is 10.1. The molecule has 0 aliphatic carbocycles. The molecular weight excluding hydrogens is 420 g/mol. The predicted molar refractivity (Wildman–Crippen MR) is 113 cm³/mol. The molecule has 0 spiro atoms. The molecule has 1 saturated heterocycles. The topological polar surface area (TPSA) is 167 Å². The van der Waals surface area contributed by atoms with Crippen molar-refractivity contribution in [1.29, 1.82) is 0 Å². The SMILES string of the molecule is COc1ccc(OC)c(CCNc2ncnc3c2ncn3[C@@H]2O[C@H](C(=O)O)[C@@H](N)[C@H]2O)c1. The molecule has 1 fully saturated rings. The van der Waals surface area contributed by atoms with Crippen molar-refractivity contribution in [3.05, 3.63) is 36.4 Å². The van der Waals surface area contributed by atoms with Crippen LogP contribution >= 0.6 is 0 Å². The second kappa shape index (κ2) is 8.94. The lowest BCUT2D eigenvalue weighted by Crippen LogP contribution is -2.43. The first-order valence-electron chi connectivity index (χ1n) is 9.88. The van der Waals surface area contributed by atoms with Crippen molar-refractivity contribution in [1.82, 2.24) is 19.5 Å². The van der Waals surface area contributed by atoms with Crippen molar-refractivity contribution in [2.45, 2.75) is 30.9 Å². The number of aromatic nitrogens is 4. The number of aliphatic carboxylic acids is 1. The van der Waals surface area contributed by atoms with Gasteiger partial charge in [0.25, 0.3) is 0 Å². The van der Waals surface area contributed by atoms with E-state index in [1.54, 1.807) is 14.2 Å². The third-order valence-electron chi connectivity index (χ3n) is 5.37. The Balaban J connectivity index is 1.53. The molecular formula is C20H24N6O6. The Labute approximate surface area is 183 Å². The summed E-state index contributed by atoms with van der Waals surface area (Å²) in [5, 5.41) is 22.9. The number of carboxylic acids is 1. The number of methoxy groups -OCH3 is 2. The summed E-state index contributed by atoms with van der Waals surface area (Å²) in [7, 11) is 3.22. The van der Waals surface area contributed by atoms with Crippen LogP contribution in [0.3, 0.4) is 0 Å². The molecule has 4 atom stereocenters. The van der Waals surface area contributed by atoms with E-state index in [4.69, 9.17) is 19.9 Å². The molecule has 0 unspecified atom stereocenters. The highest BCUT2D eigenvalue weighted by Gasteiger charge is 2.46. The molecule has 0 saturated carbocycles. The van der Waals surface area contributed by atoms with Gasteiger partial charge in [0.2, 0.25) is 0 Å². The summed E-state index contributed by atoms with van der Waals surface area (Å²) >= 11 is 0. The van der Waals surface area contributed by atoms with E-state index >= 15 is 0 Å². The molecule has 1 aliphatic rings. The first-order chi connectivity index (χ1) is 15.4. The Morgan fingerprint density at radius 2 is 2.09 bits per heavy atom. The molecule has 3 heterocycles. The maximum absolute atomic E-state index is 11.3. The summed E-state index contributed by atoms with van der Waals surface area (Å²) in [6.45, 7) is 0.525. The number of anilines is 1. The van der Waals surface area contributed by atoms with Crippen LogP contribution in [0.2, 0.25) is 0 Å². The number of benzene rings is 1. The number of imidazole rings is 1. The van der Waals surface area contributed by atoms with E-state index in [0.717, 1.165) is 17.1 Å². The largest absolute Gasteiger partial charge is 0.497 e. The maximum atomic E-state index is 11.3. The van der Waals surface area contributed by atoms with Crippen LogP contribution in [-0.2, 0) is 16.0 Å². The number of fused-ring (bicyclic) bond motifs is 1. The average Bonchev–Trinajstić information content (AvgIpc) is 3.35. The Morgan fingerprint density at radius 3 is 2.78 bits per heavy atom. The number of ether oxygens (including phenoxy) is 3. The minimum atomic E-state index is -1.33. The second-order valence-corrected chi connectivity index (χ2v) is 7.25. The van der Waals surface area contributed by atoms with Crippen molar-refractivity contribution in [3.8, 4) is 11.5 Å². The molecule has 32 heavy (non-hydrogen) atoms. The predicted octanol–water partition coefficient (Wildman–Crippen LogP) is 0.168. The molecule has 170 valence electrons. The number of carbonyl (C=O) groups is 1. The summed E-state index contributed by atoms with van der Waals surface area (Å²) in [5.41, 5.74) is 7.60. The Bertz CT molecular complexity index is 1120. The highest BCUT2D eigenvalue weighted by molar-refractivity contribution is 5.82. The van der Waals surface area contributed by atoms with Gasteiger partial charge in [-0.15, -0.1) is 0 Å². The minimum Gasteiger partial charge on any atom is -0.497 e. The van der Waals surface area contributed by atoms with Crippen LogP contribution in [0, 0.1) is 0 Å². The van der Waals surface area contributed by atoms with E-state index in [0.29, 0.717) is 29.9 Å². The number of hydrogen-bond donors (Lipinski definition) is 4. The van der Waals surface area contributed by atoms with Gasteiger partial charge in [-0.2, -0.15) is 0 Å². The van der Waals surface area contributed by atoms with E-state index in [1.807, 2.05) is 18.2 Å². The molecule has 0 bridgehead atoms. The number of aliphatic hydroxyl groups excluding tert-OH is 1. The first kappa shape index (κ1) is 21.7. The lowest BCUT2D eigenvalue weighted by molar-refractivity contribution is -0.152. The number of rotatable bonds is 8. The van der Waals surface area contributed by atoms with E-state index < -0.39 is 30.4 Å². The smallest absolute Gasteiger partial charge is 0.334 e. The molecule has 4 rings (SSSR count). The van der Waals surface area contributed by atoms with Gasteiger partial charge in [0.05, 0.1) is 26.6 Å². The van der Waals surface area contributed by atoms with Gasteiger partial charge in [-0.1, -0.05) is 0 Å². The van der Waals surface area contributed by atoms with Crippen molar-refractivity contribution >= 4 is 23.0 Å². The van der Waals surface area contributed by atoms with Crippen molar-refractivity contribution in [3.63, 3.8) is 0 Å². The number of nitrogens with two attached hydrogens (primary N) is 1. The van der Waals surface area contributed by atoms with Crippen LogP contribution in [0.15, 0.2) is 30.9 Å². The van der Waals surface area contributed by atoms with Gasteiger partial charge < -0.3 is 35.5 Å². The van der Waals surface area contributed by atoms with Gasteiger partial charge in [-0.05, 0) is 30.2 Å². The van der Waals surface area contributed by atoms with Crippen LogP contribution in [-0.4, -0.2) is 74.7 Å². The van der Waals surface area contributed by atoms with Gasteiger partial charge in [0.15, 0.2) is 29.3 Å². The van der Waals surface area contributed by atoms with Gasteiger partial charge in [0.1, 0.15) is 23.9 Å². The van der Waals surface area contributed by atoms with Gasteiger partial charge in [-0.3, -0.25) is 4.57 Å². The summed E-state index contributed by atoms with van der Waals surface area (Å²) < 4.78 is 17.6. The summed E-state index contributed by atoms with van der Waals surface area (Å²) in [6.07, 6.45) is -0.192. The van der Waals surface area contributed by atoms with Gasteiger partial charge in [-0.25, -0.2) is 19.7 Å². The van der Waals surface area contributed by atoms with Gasteiger partial charge >= 0.3 is 5.97 Å². The van der Waals surface area contributed by atoms with E-state index in [1.165, 1.54) is 17.2 Å². The van der Waals surface area contributed by atoms with E-state index in [-0.39, 0.29) is 0 Å². The number of nitrogens with zero attached hydrogens (tertiary/aromatic N) is 4. The zero-order valence-electron chi connectivity index (χ0n) is 17.5. The van der Waals surface area contributed by atoms with E-state index in [2.05, 4.69) is 20.3 Å². The standard InChI is InChI=1S/C20H24N6O6/c1-30-11-3-4-12(31-2)10(7-11)5-6-22-17-14-18(24-8-23-17)26(9-25-14)19-15(27)13(21)16(32-19)20(28)29/h3-4,7-9,13,15-16,19,27H,5-6,21H2,1-2H3,(H,28,29)(H,22,23,24)/t13-,15+,16-,19+/m0/s1. The summed E-state index contributed by atoms with van der Waals surface area (Å²) in [5.74, 6) is 0.731. The highest BCUT2D eigenvalue weighted by Crippen LogP contribution is 2.31. The van der Waals surface area contributed by atoms with Crippen molar-refractivity contribution < 1.29 is 29.2 Å². The third-order valence-corrected chi connectivity index (χ3v) is 5.37. The normalized spacial score (nSPS) is 22.8. The molecule has 3 aromatic rings. The maximum Gasteiger partial charge on any atom is 0.334 e. The quantitative estimate of drug-likeness (QED) is 0.374. The third kappa shape index (κ3) is 3.90. The highest BCUT2D eigenvalue weighted by atomic mass is 16.6. The average molecular weight is 444 g/mol. The number of aliphatic hydroxyl groups is 1. The van der Waals surface area contributed by atoms with Crippen LogP contribution in [0.25, 0.3) is 11.2 Å². The molecule has 12 nitrogen and oxygen atoms in total. The molecule has 2 aromatic heterocycles.